The number of aryl methyl sites for hydroxylation is 1. The van der Waals surface area contributed by atoms with E-state index < -0.39 is 0 Å². The number of piperidine rings is 1. The molecule has 2 aromatic carbocycles. The monoisotopic (exact) mass is 578 g/mol. The summed E-state index contributed by atoms with van der Waals surface area (Å²) in [5.41, 5.74) is 3.45. The number of halogens is 1. The molecule has 1 aliphatic heterocycles. The zero-order chi connectivity index (χ0) is 29.6. The molecule has 42 heavy (non-hydrogen) atoms. The second kappa shape index (κ2) is 14.0. The predicted octanol–water partition coefficient (Wildman–Crippen LogP) is 6.33. The van der Waals surface area contributed by atoms with Crippen molar-refractivity contribution in [3.8, 4) is 11.5 Å². The first-order chi connectivity index (χ1) is 20.4. The van der Waals surface area contributed by atoms with Crippen molar-refractivity contribution < 1.29 is 23.7 Å². The normalized spacial score (nSPS) is 23.2. The maximum Gasteiger partial charge on any atom is 0.165 e. The Bertz CT molecular complexity index is 1270. The lowest BCUT2D eigenvalue weighted by Crippen LogP contribution is -2.44. The Morgan fingerprint density at radius 3 is 2.45 bits per heavy atom. The van der Waals surface area contributed by atoms with Crippen LogP contribution < -0.4 is 4.74 Å². The van der Waals surface area contributed by atoms with Crippen molar-refractivity contribution >= 4 is 0 Å². The third-order valence-electron chi connectivity index (χ3n) is 9.49. The lowest BCUT2D eigenvalue weighted by Gasteiger charge is -2.41. The molecule has 1 heterocycles. The average molecular weight is 579 g/mol. The number of benzene rings is 2. The van der Waals surface area contributed by atoms with Gasteiger partial charge in [0.2, 0.25) is 0 Å². The van der Waals surface area contributed by atoms with Crippen LogP contribution in [-0.4, -0.2) is 68.0 Å². The van der Waals surface area contributed by atoms with Gasteiger partial charge in [-0.25, -0.2) is 4.39 Å². The minimum absolute atomic E-state index is 0.0683. The first-order valence-corrected chi connectivity index (χ1v) is 15.6. The van der Waals surface area contributed by atoms with Gasteiger partial charge in [0, 0.05) is 25.0 Å². The van der Waals surface area contributed by atoms with Gasteiger partial charge in [0.1, 0.15) is 12.4 Å². The van der Waals surface area contributed by atoms with Gasteiger partial charge >= 0.3 is 0 Å². The molecule has 6 nitrogen and oxygen atoms in total. The lowest BCUT2D eigenvalue weighted by molar-refractivity contribution is 0.132. The van der Waals surface area contributed by atoms with E-state index in [-0.39, 0.29) is 17.8 Å². The summed E-state index contributed by atoms with van der Waals surface area (Å²) in [6.45, 7) is 9.40. The van der Waals surface area contributed by atoms with Crippen LogP contribution >= 0.6 is 0 Å². The number of ether oxygens (including phenoxy) is 3. The summed E-state index contributed by atoms with van der Waals surface area (Å²) in [7, 11) is 3.36. The van der Waals surface area contributed by atoms with Crippen LogP contribution in [0.1, 0.15) is 49.8 Å². The topological polar surface area (TPSA) is 54.4 Å². The Morgan fingerprint density at radius 1 is 0.976 bits per heavy atom. The third-order valence-corrected chi connectivity index (χ3v) is 9.49. The summed E-state index contributed by atoms with van der Waals surface area (Å²) < 4.78 is 32.5. The van der Waals surface area contributed by atoms with E-state index in [9.17, 15) is 5.11 Å². The number of likely N-dealkylation sites (N-methyl/N-ethyl adjacent to an activating group) is 1. The summed E-state index contributed by atoms with van der Waals surface area (Å²) in [5.74, 6) is 3.23. The first kappa shape index (κ1) is 30.4. The molecule has 2 aliphatic carbocycles. The van der Waals surface area contributed by atoms with Gasteiger partial charge in [0.15, 0.2) is 23.1 Å². The van der Waals surface area contributed by atoms with Crippen molar-refractivity contribution in [2.75, 3.05) is 47.0 Å². The van der Waals surface area contributed by atoms with Crippen molar-refractivity contribution in [1.82, 2.24) is 9.80 Å². The first-order valence-electron chi connectivity index (χ1n) is 15.6. The molecule has 5 rings (SSSR count). The van der Waals surface area contributed by atoms with Crippen LogP contribution in [0.3, 0.4) is 0 Å². The summed E-state index contributed by atoms with van der Waals surface area (Å²) in [5, 5.41) is 9.96. The molecule has 1 saturated heterocycles. The molecule has 2 aromatic rings. The van der Waals surface area contributed by atoms with Gasteiger partial charge in [-0.15, -0.1) is 0 Å². The quantitative estimate of drug-likeness (QED) is 0.337. The molecule has 0 saturated carbocycles. The minimum Gasteiger partial charge on any atom is -0.508 e. The van der Waals surface area contributed by atoms with Gasteiger partial charge in [-0.05, 0) is 117 Å². The van der Waals surface area contributed by atoms with Gasteiger partial charge < -0.3 is 19.3 Å². The molecular formula is C35H47FN2O4. The van der Waals surface area contributed by atoms with Crippen molar-refractivity contribution in [1.29, 1.82) is 0 Å². The zero-order valence-corrected chi connectivity index (χ0v) is 25.7. The van der Waals surface area contributed by atoms with Crippen LogP contribution in [0.25, 0.3) is 0 Å². The third kappa shape index (κ3) is 7.12. The number of likely N-dealkylation sites (tertiary alicyclic amines) is 1. The van der Waals surface area contributed by atoms with E-state index in [1.807, 2.05) is 12.1 Å². The van der Waals surface area contributed by atoms with E-state index in [2.05, 4.69) is 41.9 Å². The van der Waals surface area contributed by atoms with Gasteiger partial charge in [-0.1, -0.05) is 26.0 Å². The van der Waals surface area contributed by atoms with E-state index in [1.54, 1.807) is 32.4 Å². The molecule has 228 valence electrons. The number of hydrogen-bond acceptors (Lipinski definition) is 6. The molecule has 1 fully saturated rings. The molecule has 3 atom stereocenters. The van der Waals surface area contributed by atoms with Crippen molar-refractivity contribution in [2.24, 2.45) is 17.8 Å². The SMILES string of the molecule is CCN(Cc1ccc(OCCN2CCC(C)CC2)c(F)c1)C1C=C(OC)C(OC)=CC1[C@@H]1CCc2cc(O)ccc2C1. The number of aromatic hydroxyl groups is 1. The molecule has 0 bridgehead atoms. The van der Waals surface area contributed by atoms with E-state index in [0.717, 1.165) is 68.4 Å². The second-order valence-corrected chi connectivity index (χ2v) is 12.2. The summed E-state index contributed by atoms with van der Waals surface area (Å²) in [4.78, 5) is 4.80. The van der Waals surface area contributed by atoms with E-state index in [1.165, 1.54) is 24.0 Å². The van der Waals surface area contributed by atoms with Gasteiger partial charge in [0.05, 0.1) is 14.2 Å². The summed E-state index contributed by atoms with van der Waals surface area (Å²) >= 11 is 0. The largest absolute Gasteiger partial charge is 0.508 e. The van der Waals surface area contributed by atoms with Gasteiger partial charge in [0.25, 0.3) is 0 Å². The van der Waals surface area contributed by atoms with Crippen molar-refractivity contribution in [3.05, 3.63) is 82.6 Å². The molecule has 0 radical (unpaired) electrons. The Hall–Kier alpha value is -3.03. The highest BCUT2D eigenvalue weighted by molar-refractivity contribution is 5.38. The van der Waals surface area contributed by atoms with E-state index in [4.69, 9.17) is 14.2 Å². The summed E-state index contributed by atoms with van der Waals surface area (Å²) in [6, 6.07) is 11.2. The smallest absolute Gasteiger partial charge is 0.165 e. The Kier molecular flexibility index (Phi) is 10.1. The predicted molar refractivity (Wildman–Crippen MR) is 164 cm³/mol. The molecule has 0 amide bonds. The van der Waals surface area contributed by atoms with Crippen LogP contribution in [-0.2, 0) is 28.9 Å². The number of fused-ring (bicyclic) bond motifs is 1. The fourth-order valence-corrected chi connectivity index (χ4v) is 6.90. The highest BCUT2D eigenvalue weighted by atomic mass is 19.1. The van der Waals surface area contributed by atoms with E-state index >= 15 is 4.39 Å². The van der Waals surface area contributed by atoms with Crippen LogP contribution in [0.2, 0.25) is 0 Å². The number of methoxy groups -OCH3 is 2. The minimum atomic E-state index is -0.308. The fourth-order valence-electron chi connectivity index (χ4n) is 6.90. The van der Waals surface area contributed by atoms with Crippen LogP contribution in [0.4, 0.5) is 4.39 Å². The Labute approximate surface area is 250 Å². The maximum absolute atomic E-state index is 15.2. The number of phenolic OH excluding ortho intramolecular Hbond substituents is 1. The summed E-state index contributed by atoms with van der Waals surface area (Å²) in [6.07, 6.45) is 9.74. The van der Waals surface area contributed by atoms with Crippen LogP contribution in [0, 0.1) is 23.6 Å². The van der Waals surface area contributed by atoms with Crippen molar-refractivity contribution in [3.63, 3.8) is 0 Å². The number of hydrogen-bond donors (Lipinski definition) is 1. The Morgan fingerprint density at radius 2 is 1.74 bits per heavy atom. The molecule has 0 spiro atoms. The van der Waals surface area contributed by atoms with Gasteiger partial charge in [-0.2, -0.15) is 0 Å². The maximum atomic E-state index is 15.2. The molecule has 7 heteroatoms. The molecule has 0 aromatic heterocycles. The average Bonchev–Trinajstić information content (AvgIpc) is 3.01. The Balaban J connectivity index is 1.28. The van der Waals surface area contributed by atoms with Gasteiger partial charge in [-0.3, -0.25) is 9.80 Å². The highest BCUT2D eigenvalue weighted by Gasteiger charge is 2.37. The zero-order valence-electron chi connectivity index (χ0n) is 25.7. The lowest BCUT2D eigenvalue weighted by atomic mass is 9.72. The molecule has 1 N–H and O–H groups in total. The fraction of sp³-hybridized carbons (Fsp3) is 0.543. The number of nitrogens with zero attached hydrogens (tertiary/aromatic N) is 2. The van der Waals surface area contributed by atoms with Crippen LogP contribution in [0.5, 0.6) is 11.5 Å². The molecule has 2 unspecified atom stereocenters. The van der Waals surface area contributed by atoms with E-state index in [0.29, 0.717) is 30.6 Å². The number of phenols is 1. The highest BCUT2D eigenvalue weighted by Crippen LogP contribution is 2.40. The molecular weight excluding hydrogens is 531 g/mol. The molecule has 3 aliphatic rings. The number of rotatable bonds is 11. The second-order valence-electron chi connectivity index (χ2n) is 12.2. The van der Waals surface area contributed by atoms with Crippen molar-refractivity contribution in [2.45, 2.75) is 58.5 Å². The standard InChI is InChI=1S/C35H47FN2O4/c1-5-38(23-25-6-11-33(31(36)18-25)42-17-16-37-14-12-24(2)13-15-37)32-22-35(41-4)34(40-3)21-30(32)28-8-7-27-20-29(39)10-9-26(27)19-28/h6,9-11,18,20-22,24,28,30,32,39H,5,7-8,12-17,19,23H2,1-4H3/t28-,30?,32?/m1/s1. The van der Waals surface area contributed by atoms with Crippen LogP contribution in [0.15, 0.2) is 60.1 Å².